The van der Waals surface area contributed by atoms with Crippen LogP contribution < -0.4 is 10.4 Å². The molecule has 0 bridgehead atoms. The molecule has 5 rings (SSSR count). The van der Waals surface area contributed by atoms with Crippen molar-refractivity contribution in [2.24, 2.45) is 0 Å². The number of likely N-dealkylation sites (tertiary alicyclic amines) is 1. The van der Waals surface area contributed by atoms with Crippen molar-refractivity contribution in [1.82, 2.24) is 15.1 Å². The zero-order valence-electron chi connectivity index (χ0n) is 15.7. The highest BCUT2D eigenvalue weighted by Crippen LogP contribution is 2.35. The van der Waals surface area contributed by atoms with Crippen LogP contribution in [0.15, 0.2) is 33.6 Å². The van der Waals surface area contributed by atoms with Crippen molar-refractivity contribution in [3.8, 4) is 5.75 Å². The number of carbonyl (C=O) groups excluding carboxylic acids is 1. The van der Waals surface area contributed by atoms with E-state index in [9.17, 15) is 9.59 Å². The molecular formula is C21H20ClN3O4. The number of carbonyl (C=O) groups is 1. The quantitative estimate of drug-likeness (QED) is 0.664. The molecule has 29 heavy (non-hydrogen) atoms. The van der Waals surface area contributed by atoms with Crippen molar-refractivity contribution in [2.45, 2.75) is 31.6 Å². The van der Waals surface area contributed by atoms with E-state index in [2.05, 4.69) is 10.2 Å². The number of nitrogens with one attached hydrogen (secondary N) is 1. The summed E-state index contributed by atoms with van der Waals surface area (Å²) in [4.78, 5) is 26.5. The average molecular weight is 414 g/mol. The summed E-state index contributed by atoms with van der Waals surface area (Å²) < 4.78 is 11.2. The molecule has 1 unspecified atom stereocenters. The Kier molecular flexibility index (Phi) is 4.54. The number of hydrogen-bond acceptors (Lipinski definition) is 5. The molecule has 1 aliphatic heterocycles. The zero-order chi connectivity index (χ0) is 20.0. The molecule has 0 radical (unpaired) electrons. The second-order valence-corrected chi connectivity index (χ2v) is 8.01. The van der Waals surface area contributed by atoms with Crippen molar-refractivity contribution in [3.05, 3.63) is 56.7 Å². The Bertz CT molecular complexity index is 1140. The van der Waals surface area contributed by atoms with Crippen molar-refractivity contribution < 1.29 is 13.9 Å². The molecule has 2 aliphatic rings. The number of nitrogens with zero attached hydrogens (tertiary/aromatic N) is 2. The van der Waals surface area contributed by atoms with E-state index in [1.165, 1.54) is 0 Å². The first-order valence-corrected chi connectivity index (χ1v) is 10.2. The van der Waals surface area contributed by atoms with E-state index in [0.29, 0.717) is 29.4 Å². The molecule has 1 fully saturated rings. The SMILES string of the molecule is O=C(COc1cc2oc(=O)c3c(c2cc1Cl)CCC3)N1CCC(c2ccn[nH]2)C1. The fourth-order valence-corrected chi connectivity index (χ4v) is 4.58. The third-order valence-corrected chi connectivity index (χ3v) is 6.18. The van der Waals surface area contributed by atoms with Crippen LogP contribution in [-0.2, 0) is 17.6 Å². The van der Waals surface area contributed by atoms with E-state index >= 15 is 0 Å². The molecule has 1 saturated heterocycles. The van der Waals surface area contributed by atoms with Crippen molar-refractivity contribution in [1.29, 1.82) is 0 Å². The third-order valence-electron chi connectivity index (χ3n) is 5.88. The monoisotopic (exact) mass is 413 g/mol. The van der Waals surface area contributed by atoms with Crippen LogP contribution in [0.2, 0.25) is 5.02 Å². The number of benzene rings is 1. The highest BCUT2D eigenvalue weighted by Gasteiger charge is 2.28. The maximum Gasteiger partial charge on any atom is 0.339 e. The number of halogens is 1. The Morgan fingerprint density at radius 3 is 3.03 bits per heavy atom. The summed E-state index contributed by atoms with van der Waals surface area (Å²) in [6.45, 7) is 1.20. The largest absolute Gasteiger partial charge is 0.482 e. The van der Waals surface area contributed by atoms with Crippen LogP contribution in [0.3, 0.4) is 0 Å². The topological polar surface area (TPSA) is 88.4 Å². The van der Waals surface area contributed by atoms with E-state index in [4.69, 9.17) is 20.8 Å². The molecule has 1 aliphatic carbocycles. The molecule has 8 heteroatoms. The molecule has 3 heterocycles. The van der Waals surface area contributed by atoms with Gasteiger partial charge in [-0.15, -0.1) is 0 Å². The van der Waals surface area contributed by atoms with E-state index in [1.54, 1.807) is 23.2 Å². The van der Waals surface area contributed by atoms with Crippen LogP contribution in [0.25, 0.3) is 11.0 Å². The van der Waals surface area contributed by atoms with Crippen LogP contribution in [0.5, 0.6) is 5.75 Å². The summed E-state index contributed by atoms with van der Waals surface area (Å²) >= 11 is 6.40. The number of aromatic nitrogens is 2. The standard InChI is InChI=1S/C21H20ClN3O4/c22-16-8-15-13-2-1-3-14(13)21(27)29-18(15)9-19(16)28-11-20(26)25-7-5-12(10-25)17-4-6-23-24-17/h4,6,8-9,12H,1-3,5,7,10-11H2,(H,23,24). The summed E-state index contributed by atoms with van der Waals surface area (Å²) in [5, 5.41) is 8.20. The van der Waals surface area contributed by atoms with Gasteiger partial charge in [-0.25, -0.2) is 4.79 Å². The predicted molar refractivity (Wildman–Crippen MR) is 108 cm³/mol. The normalized spacial score (nSPS) is 18.4. The van der Waals surface area contributed by atoms with Crippen LogP contribution in [0.1, 0.15) is 35.6 Å². The molecular weight excluding hydrogens is 394 g/mol. The summed E-state index contributed by atoms with van der Waals surface area (Å²) in [6, 6.07) is 5.32. The smallest absolute Gasteiger partial charge is 0.339 e. The number of ether oxygens (including phenoxy) is 1. The molecule has 7 nitrogen and oxygen atoms in total. The fourth-order valence-electron chi connectivity index (χ4n) is 4.36. The van der Waals surface area contributed by atoms with Crippen LogP contribution in [-0.4, -0.2) is 40.7 Å². The van der Waals surface area contributed by atoms with Crippen LogP contribution in [0, 0.1) is 0 Å². The lowest BCUT2D eigenvalue weighted by atomic mass is 10.1. The van der Waals surface area contributed by atoms with Gasteiger partial charge in [0, 0.05) is 47.9 Å². The number of fused-ring (bicyclic) bond motifs is 3. The first-order chi connectivity index (χ1) is 14.1. The van der Waals surface area contributed by atoms with Gasteiger partial charge in [0.1, 0.15) is 11.3 Å². The molecule has 2 aromatic heterocycles. The summed E-state index contributed by atoms with van der Waals surface area (Å²) in [5.74, 6) is 0.513. The van der Waals surface area contributed by atoms with Gasteiger partial charge in [0.15, 0.2) is 6.61 Å². The highest BCUT2D eigenvalue weighted by molar-refractivity contribution is 6.32. The minimum absolute atomic E-state index is 0.0985. The second kappa shape index (κ2) is 7.22. The third kappa shape index (κ3) is 3.29. The number of amides is 1. The van der Waals surface area contributed by atoms with Gasteiger partial charge in [0.2, 0.25) is 0 Å². The number of rotatable bonds is 4. The number of aryl methyl sites for hydroxylation is 1. The molecule has 1 N–H and O–H groups in total. The van der Waals surface area contributed by atoms with Crippen molar-refractivity contribution in [2.75, 3.05) is 19.7 Å². The van der Waals surface area contributed by atoms with E-state index in [-0.39, 0.29) is 24.1 Å². The Hall–Kier alpha value is -2.80. The van der Waals surface area contributed by atoms with Crippen LogP contribution in [0.4, 0.5) is 0 Å². The molecule has 1 aromatic carbocycles. The molecule has 0 spiro atoms. The Balaban J connectivity index is 1.31. The first kappa shape index (κ1) is 18.2. The summed E-state index contributed by atoms with van der Waals surface area (Å²) in [7, 11) is 0. The van der Waals surface area contributed by atoms with E-state index in [0.717, 1.165) is 47.9 Å². The number of aromatic amines is 1. The second-order valence-electron chi connectivity index (χ2n) is 7.60. The minimum Gasteiger partial charge on any atom is -0.482 e. The predicted octanol–water partition coefficient (Wildman–Crippen LogP) is 3.05. The van der Waals surface area contributed by atoms with Gasteiger partial charge in [-0.3, -0.25) is 9.89 Å². The van der Waals surface area contributed by atoms with Crippen molar-refractivity contribution >= 4 is 28.5 Å². The van der Waals surface area contributed by atoms with Crippen LogP contribution >= 0.6 is 11.6 Å². The number of hydrogen-bond donors (Lipinski definition) is 1. The van der Waals surface area contributed by atoms with E-state index in [1.807, 2.05) is 6.07 Å². The van der Waals surface area contributed by atoms with Gasteiger partial charge in [-0.2, -0.15) is 5.10 Å². The van der Waals surface area contributed by atoms with Gasteiger partial charge in [-0.1, -0.05) is 11.6 Å². The molecule has 0 saturated carbocycles. The lowest BCUT2D eigenvalue weighted by molar-refractivity contribution is -0.132. The maximum atomic E-state index is 12.6. The Labute approximate surface area is 171 Å². The van der Waals surface area contributed by atoms with Gasteiger partial charge in [-0.05, 0) is 43.4 Å². The molecule has 3 aromatic rings. The zero-order valence-corrected chi connectivity index (χ0v) is 16.5. The van der Waals surface area contributed by atoms with Gasteiger partial charge >= 0.3 is 5.63 Å². The maximum absolute atomic E-state index is 12.6. The van der Waals surface area contributed by atoms with E-state index < -0.39 is 0 Å². The van der Waals surface area contributed by atoms with Gasteiger partial charge in [0.05, 0.1) is 5.02 Å². The lowest BCUT2D eigenvalue weighted by Gasteiger charge is -2.17. The van der Waals surface area contributed by atoms with Crippen molar-refractivity contribution in [3.63, 3.8) is 0 Å². The Morgan fingerprint density at radius 1 is 1.34 bits per heavy atom. The molecule has 1 amide bonds. The summed E-state index contributed by atoms with van der Waals surface area (Å²) in [5.41, 5.74) is 2.96. The molecule has 150 valence electrons. The highest BCUT2D eigenvalue weighted by atomic mass is 35.5. The van der Waals surface area contributed by atoms with Gasteiger partial charge in [0.25, 0.3) is 5.91 Å². The van der Waals surface area contributed by atoms with Gasteiger partial charge < -0.3 is 14.1 Å². The number of H-pyrrole nitrogens is 1. The average Bonchev–Trinajstić information content (AvgIpc) is 3.47. The summed E-state index contributed by atoms with van der Waals surface area (Å²) in [6.07, 6.45) is 5.14. The first-order valence-electron chi connectivity index (χ1n) is 9.78. The molecule has 1 atom stereocenters. The fraction of sp³-hybridized carbons (Fsp3) is 0.381. The Morgan fingerprint density at radius 2 is 2.21 bits per heavy atom. The lowest BCUT2D eigenvalue weighted by Crippen LogP contribution is -2.32. The minimum atomic E-state index is -0.295.